The Kier molecular flexibility index (Phi) is 6.00. The Morgan fingerprint density at radius 1 is 1.29 bits per heavy atom. The van der Waals surface area contributed by atoms with Crippen molar-refractivity contribution in [3.8, 4) is 0 Å². The molecule has 1 amide bonds. The van der Waals surface area contributed by atoms with E-state index in [-0.39, 0.29) is 17.9 Å². The lowest BCUT2D eigenvalue weighted by molar-refractivity contribution is -0.125. The Hall–Kier alpha value is -1.61. The number of nitrogens with one attached hydrogen (secondary N) is 1. The third-order valence-electron chi connectivity index (χ3n) is 4.27. The number of amides is 1. The van der Waals surface area contributed by atoms with Crippen molar-refractivity contribution in [1.29, 1.82) is 0 Å². The second kappa shape index (κ2) is 7.99. The van der Waals surface area contributed by atoms with Crippen LogP contribution in [0.3, 0.4) is 0 Å². The quantitative estimate of drug-likeness (QED) is 0.788. The zero-order valence-corrected chi connectivity index (χ0v) is 12.8. The zero-order chi connectivity index (χ0) is 15.1. The molecule has 0 spiro atoms. The van der Waals surface area contributed by atoms with Gasteiger partial charge in [-0.2, -0.15) is 0 Å². The van der Waals surface area contributed by atoms with Gasteiger partial charge in [0.05, 0.1) is 5.92 Å². The van der Waals surface area contributed by atoms with Crippen LogP contribution in [0.15, 0.2) is 42.0 Å². The fourth-order valence-electron chi connectivity index (χ4n) is 2.77. The second-order valence-corrected chi connectivity index (χ2v) is 5.87. The summed E-state index contributed by atoms with van der Waals surface area (Å²) in [5.41, 5.74) is 8.68. The van der Waals surface area contributed by atoms with Crippen molar-refractivity contribution in [1.82, 2.24) is 5.32 Å². The lowest BCUT2D eigenvalue weighted by Gasteiger charge is -2.20. The molecule has 1 aliphatic rings. The highest BCUT2D eigenvalue weighted by Gasteiger charge is 2.21. The van der Waals surface area contributed by atoms with Crippen LogP contribution in [0.4, 0.5) is 0 Å². The third kappa shape index (κ3) is 4.71. The standard InChI is InChI=1S/C18H26N2O/c1-14(17(19)16-10-6-3-7-11-16)18(21)20-13-12-15-8-4-2-5-9-15/h3,6-8,10-11,14,17H,2,4-5,9,12-13,19H2,1H3,(H,20,21). The molecule has 1 aromatic rings. The van der Waals surface area contributed by atoms with Crippen molar-refractivity contribution in [2.24, 2.45) is 11.7 Å². The van der Waals surface area contributed by atoms with Crippen molar-refractivity contribution >= 4 is 5.91 Å². The van der Waals surface area contributed by atoms with Crippen molar-refractivity contribution in [2.45, 2.75) is 45.1 Å². The van der Waals surface area contributed by atoms with Gasteiger partial charge in [-0.25, -0.2) is 0 Å². The summed E-state index contributed by atoms with van der Waals surface area (Å²) in [5.74, 6) is -0.171. The molecule has 2 unspecified atom stereocenters. The number of benzene rings is 1. The van der Waals surface area contributed by atoms with Crippen LogP contribution in [0, 0.1) is 5.92 Å². The van der Waals surface area contributed by atoms with Gasteiger partial charge in [0.1, 0.15) is 0 Å². The fourth-order valence-corrected chi connectivity index (χ4v) is 2.77. The molecule has 3 nitrogen and oxygen atoms in total. The lowest BCUT2D eigenvalue weighted by Crippen LogP contribution is -2.36. The van der Waals surface area contributed by atoms with Crippen LogP contribution in [0.1, 0.15) is 50.6 Å². The van der Waals surface area contributed by atoms with Gasteiger partial charge >= 0.3 is 0 Å². The minimum Gasteiger partial charge on any atom is -0.355 e. The normalized spacial score (nSPS) is 17.7. The molecule has 3 N–H and O–H groups in total. The van der Waals surface area contributed by atoms with Gasteiger partial charge in [0.2, 0.25) is 5.91 Å². The highest BCUT2D eigenvalue weighted by atomic mass is 16.1. The second-order valence-electron chi connectivity index (χ2n) is 5.87. The number of nitrogens with two attached hydrogens (primary N) is 1. The highest BCUT2D eigenvalue weighted by Crippen LogP contribution is 2.21. The van der Waals surface area contributed by atoms with Gasteiger partial charge in [0, 0.05) is 12.6 Å². The fraction of sp³-hybridized carbons (Fsp3) is 0.500. The summed E-state index contributed by atoms with van der Waals surface area (Å²) in [6.07, 6.45) is 8.27. The van der Waals surface area contributed by atoms with Crippen molar-refractivity contribution < 1.29 is 4.79 Å². The molecule has 21 heavy (non-hydrogen) atoms. The molecule has 0 radical (unpaired) electrons. The first-order valence-corrected chi connectivity index (χ1v) is 7.94. The summed E-state index contributed by atoms with van der Waals surface area (Å²) < 4.78 is 0. The van der Waals surface area contributed by atoms with Gasteiger partial charge in [0.25, 0.3) is 0 Å². The Labute approximate surface area is 127 Å². The minimum atomic E-state index is -0.250. The molecule has 0 aliphatic heterocycles. The minimum absolute atomic E-state index is 0.0442. The molecule has 0 aromatic heterocycles. The van der Waals surface area contributed by atoms with E-state index in [1.54, 1.807) is 0 Å². The molecule has 0 fully saturated rings. The maximum atomic E-state index is 12.2. The number of allylic oxidation sites excluding steroid dienone is 1. The lowest BCUT2D eigenvalue weighted by atomic mass is 9.94. The summed E-state index contributed by atoms with van der Waals surface area (Å²) in [4.78, 5) is 12.2. The monoisotopic (exact) mass is 286 g/mol. The number of carbonyl (C=O) groups is 1. The molecule has 2 rings (SSSR count). The van der Waals surface area contributed by atoms with E-state index in [0.717, 1.165) is 18.5 Å². The van der Waals surface area contributed by atoms with Gasteiger partial charge in [-0.1, -0.05) is 48.9 Å². The largest absolute Gasteiger partial charge is 0.355 e. The zero-order valence-electron chi connectivity index (χ0n) is 12.8. The number of rotatable bonds is 6. The van der Waals surface area contributed by atoms with E-state index in [1.807, 2.05) is 37.3 Å². The van der Waals surface area contributed by atoms with Crippen LogP contribution in [0.5, 0.6) is 0 Å². The molecule has 1 aromatic carbocycles. The van der Waals surface area contributed by atoms with Crippen molar-refractivity contribution in [3.63, 3.8) is 0 Å². The molecule has 114 valence electrons. The van der Waals surface area contributed by atoms with E-state index in [9.17, 15) is 4.79 Å². The Morgan fingerprint density at radius 3 is 2.71 bits per heavy atom. The van der Waals surface area contributed by atoms with Crippen LogP contribution in [-0.2, 0) is 4.79 Å². The van der Waals surface area contributed by atoms with Crippen LogP contribution >= 0.6 is 0 Å². The van der Waals surface area contributed by atoms with Gasteiger partial charge in [-0.3, -0.25) is 4.79 Å². The van der Waals surface area contributed by atoms with Crippen LogP contribution in [0.2, 0.25) is 0 Å². The summed E-state index contributed by atoms with van der Waals surface area (Å²) in [7, 11) is 0. The van der Waals surface area contributed by atoms with Crippen LogP contribution in [0.25, 0.3) is 0 Å². The molecule has 0 saturated carbocycles. The highest BCUT2D eigenvalue weighted by molar-refractivity contribution is 5.79. The summed E-state index contributed by atoms with van der Waals surface area (Å²) in [6, 6.07) is 9.56. The summed E-state index contributed by atoms with van der Waals surface area (Å²) >= 11 is 0. The van der Waals surface area contributed by atoms with Crippen molar-refractivity contribution in [2.75, 3.05) is 6.54 Å². The summed E-state index contributed by atoms with van der Waals surface area (Å²) in [6.45, 7) is 2.61. The molecule has 0 heterocycles. The molecule has 2 atom stereocenters. The molecule has 1 aliphatic carbocycles. The van der Waals surface area contributed by atoms with Gasteiger partial charge in [0.15, 0.2) is 0 Å². The Morgan fingerprint density at radius 2 is 2.05 bits per heavy atom. The predicted octanol–water partition coefficient (Wildman–Crippen LogP) is 3.33. The average Bonchev–Trinajstić information content (AvgIpc) is 2.55. The maximum Gasteiger partial charge on any atom is 0.224 e. The van der Waals surface area contributed by atoms with E-state index in [4.69, 9.17) is 5.73 Å². The summed E-state index contributed by atoms with van der Waals surface area (Å²) in [5, 5.41) is 3.02. The van der Waals surface area contributed by atoms with E-state index in [2.05, 4.69) is 11.4 Å². The first-order chi connectivity index (χ1) is 10.2. The predicted molar refractivity (Wildman–Crippen MR) is 86.7 cm³/mol. The molecule has 0 bridgehead atoms. The first kappa shape index (κ1) is 15.8. The number of carbonyl (C=O) groups excluding carboxylic acids is 1. The Balaban J connectivity index is 1.78. The first-order valence-electron chi connectivity index (χ1n) is 7.94. The number of hydrogen-bond acceptors (Lipinski definition) is 2. The van der Waals surface area contributed by atoms with E-state index >= 15 is 0 Å². The topological polar surface area (TPSA) is 55.1 Å². The average molecular weight is 286 g/mol. The number of hydrogen-bond donors (Lipinski definition) is 2. The Bertz CT molecular complexity index is 481. The van der Waals surface area contributed by atoms with E-state index < -0.39 is 0 Å². The third-order valence-corrected chi connectivity index (χ3v) is 4.27. The molecule has 0 saturated heterocycles. The SMILES string of the molecule is CC(C(=O)NCCC1=CCCCC1)C(N)c1ccccc1. The van der Waals surface area contributed by atoms with Crippen LogP contribution in [-0.4, -0.2) is 12.5 Å². The van der Waals surface area contributed by atoms with Crippen LogP contribution < -0.4 is 11.1 Å². The van der Waals surface area contributed by atoms with Crippen molar-refractivity contribution in [3.05, 3.63) is 47.5 Å². The van der Waals surface area contributed by atoms with Gasteiger partial charge in [-0.15, -0.1) is 0 Å². The van der Waals surface area contributed by atoms with E-state index in [1.165, 1.54) is 31.3 Å². The smallest absolute Gasteiger partial charge is 0.224 e. The maximum absolute atomic E-state index is 12.2. The van der Waals surface area contributed by atoms with Gasteiger partial charge < -0.3 is 11.1 Å². The molecular weight excluding hydrogens is 260 g/mol. The molecular formula is C18H26N2O. The van der Waals surface area contributed by atoms with E-state index in [0.29, 0.717) is 0 Å². The van der Waals surface area contributed by atoms with Gasteiger partial charge in [-0.05, 0) is 37.7 Å². The molecule has 3 heteroatoms.